The number of hydrogen-bond donors (Lipinski definition) is 2. The van der Waals surface area contributed by atoms with Gasteiger partial charge in [0.05, 0.1) is 11.8 Å². The van der Waals surface area contributed by atoms with E-state index in [1.165, 1.54) is 0 Å². The van der Waals surface area contributed by atoms with Crippen molar-refractivity contribution in [2.45, 2.75) is 20.0 Å². The second kappa shape index (κ2) is 8.04. The predicted octanol–water partition coefficient (Wildman–Crippen LogP) is 3.85. The molecule has 1 amide bonds. The van der Waals surface area contributed by atoms with E-state index in [1.807, 2.05) is 62.4 Å². The molecular formula is C21H19N3O2. The summed E-state index contributed by atoms with van der Waals surface area (Å²) >= 11 is 0. The van der Waals surface area contributed by atoms with Crippen LogP contribution in [0.25, 0.3) is 11.4 Å². The lowest BCUT2D eigenvalue weighted by Crippen LogP contribution is -2.12. The SMILES string of the molecule is CC(C)Oc1ccc(-c2ncc[nH]2)cc1NC(=O)C#Cc1ccccc1. The molecular weight excluding hydrogens is 326 g/mol. The van der Waals surface area contributed by atoms with E-state index in [0.29, 0.717) is 17.3 Å². The second-order valence-corrected chi connectivity index (χ2v) is 5.89. The molecule has 0 atom stereocenters. The molecule has 3 rings (SSSR count). The highest BCUT2D eigenvalue weighted by Gasteiger charge is 2.11. The predicted molar refractivity (Wildman–Crippen MR) is 102 cm³/mol. The van der Waals surface area contributed by atoms with Crippen LogP contribution in [0.5, 0.6) is 5.75 Å². The van der Waals surface area contributed by atoms with Crippen molar-refractivity contribution in [2.24, 2.45) is 0 Å². The van der Waals surface area contributed by atoms with Gasteiger partial charge in [0.25, 0.3) is 0 Å². The lowest BCUT2D eigenvalue weighted by Gasteiger charge is -2.15. The monoisotopic (exact) mass is 345 g/mol. The zero-order chi connectivity index (χ0) is 18.4. The van der Waals surface area contributed by atoms with E-state index in [4.69, 9.17) is 4.74 Å². The smallest absolute Gasteiger partial charge is 0.300 e. The molecule has 1 heterocycles. The van der Waals surface area contributed by atoms with Crippen LogP contribution in [0.15, 0.2) is 60.9 Å². The Morgan fingerprint density at radius 2 is 2.00 bits per heavy atom. The lowest BCUT2D eigenvalue weighted by molar-refractivity contribution is -0.111. The maximum atomic E-state index is 12.3. The minimum Gasteiger partial charge on any atom is -0.489 e. The highest BCUT2D eigenvalue weighted by molar-refractivity contribution is 6.05. The molecule has 0 aliphatic heterocycles. The molecule has 0 spiro atoms. The number of ether oxygens (including phenoxy) is 1. The third kappa shape index (κ3) is 4.52. The van der Waals surface area contributed by atoms with Crippen molar-refractivity contribution in [1.82, 2.24) is 9.97 Å². The summed E-state index contributed by atoms with van der Waals surface area (Å²) in [6, 6.07) is 14.9. The third-order valence-corrected chi connectivity index (χ3v) is 3.46. The Morgan fingerprint density at radius 3 is 2.69 bits per heavy atom. The first-order valence-corrected chi connectivity index (χ1v) is 8.30. The average Bonchev–Trinajstić information content (AvgIpc) is 3.17. The maximum Gasteiger partial charge on any atom is 0.300 e. The number of nitrogens with zero attached hydrogens (tertiary/aromatic N) is 1. The third-order valence-electron chi connectivity index (χ3n) is 3.46. The number of amides is 1. The van der Waals surface area contributed by atoms with E-state index in [-0.39, 0.29) is 6.10 Å². The van der Waals surface area contributed by atoms with Crippen molar-refractivity contribution in [3.05, 3.63) is 66.5 Å². The highest BCUT2D eigenvalue weighted by atomic mass is 16.5. The Balaban J connectivity index is 1.85. The number of H-pyrrole nitrogens is 1. The van der Waals surface area contributed by atoms with Gasteiger partial charge in [0.1, 0.15) is 11.6 Å². The van der Waals surface area contributed by atoms with Crippen LogP contribution in [0.2, 0.25) is 0 Å². The Bertz CT molecular complexity index is 936. The Morgan fingerprint density at radius 1 is 1.19 bits per heavy atom. The molecule has 0 saturated carbocycles. The molecule has 2 N–H and O–H groups in total. The molecule has 130 valence electrons. The van der Waals surface area contributed by atoms with E-state index in [1.54, 1.807) is 12.4 Å². The lowest BCUT2D eigenvalue weighted by atomic mass is 10.1. The summed E-state index contributed by atoms with van der Waals surface area (Å²) in [5.74, 6) is 6.35. The van der Waals surface area contributed by atoms with Gasteiger partial charge in [-0.05, 0) is 44.2 Å². The van der Waals surface area contributed by atoms with Crippen molar-refractivity contribution < 1.29 is 9.53 Å². The molecule has 0 aliphatic rings. The fourth-order valence-electron chi connectivity index (χ4n) is 2.36. The zero-order valence-electron chi connectivity index (χ0n) is 14.6. The standard InChI is InChI=1S/C21H19N3O2/c1-15(2)26-19-10-9-17(21-22-12-13-23-21)14-18(19)24-20(25)11-8-16-6-4-3-5-7-16/h3-7,9-10,12-15H,1-2H3,(H,22,23)(H,24,25). The number of rotatable bonds is 4. The van der Waals surface area contributed by atoms with E-state index >= 15 is 0 Å². The van der Waals surface area contributed by atoms with Gasteiger partial charge in [-0.3, -0.25) is 4.79 Å². The van der Waals surface area contributed by atoms with Gasteiger partial charge in [0.2, 0.25) is 0 Å². The Kier molecular flexibility index (Phi) is 5.35. The Labute approximate surface area is 152 Å². The number of aromatic nitrogens is 2. The van der Waals surface area contributed by atoms with Crippen LogP contribution in [-0.4, -0.2) is 22.0 Å². The molecule has 0 radical (unpaired) electrons. The number of aromatic amines is 1. The first-order chi connectivity index (χ1) is 12.6. The number of imidazole rings is 1. The molecule has 1 aromatic heterocycles. The van der Waals surface area contributed by atoms with Gasteiger partial charge >= 0.3 is 5.91 Å². The fourth-order valence-corrected chi connectivity index (χ4v) is 2.36. The number of carbonyl (C=O) groups is 1. The fraction of sp³-hybridized carbons (Fsp3) is 0.143. The van der Waals surface area contributed by atoms with Crippen LogP contribution in [-0.2, 0) is 4.79 Å². The summed E-state index contributed by atoms with van der Waals surface area (Å²) in [4.78, 5) is 19.5. The summed E-state index contributed by atoms with van der Waals surface area (Å²) in [7, 11) is 0. The molecule has 0 aliphatic carbocycles. The van der Waals surface area contributed by atoms with Crippen LogP contribution < -0.4 is 10.1 Å². The van der Waals surface area contributed by atoms with Crippen molar-refractivity contribution in [3.8, 4) is 29.0 Å². The molecule has 2 aromatic carbocycles. The summed E-state index contributed by atoms with van der Waals surface area (Å²) in [5, 5.41) is 2.81. The van der Waals surface area contributed by atoms with Gasteiger partial charge in [-0.2, -0.15) is 0 Å². The molecule has 0 unspecified atom stereocenters. The normalized spacial score (nSPS) is 10.1. The number of benzene rings is 2. The number of anilines is 1. The van der Waals surface area contributed by atoms with Crippen molar-refractivity contribution in [3.63, 3.8) is 0 Å². The summed E-state index contributed by atoms with van der Waals surface area (Å²) in [6.45, 7) is 3.86. The van der Waals surface area contributed by atoms with E-state index in [2.05, 4.69) is 27.1 Å². The van der Waals surface area contributed by atoms with Crippen molar-refractivity contribution in [2.75, 3.05) is 5.32 Å². The summed E-state index contributed by atoms with van der Waals surface area (Å²) in [6.07, 6.45) is 3.41. The minimum absolute atomic E-state index is 0.0180. The summed E-state index contributed by atoms with van der Waals surface area (Å²) in [5.41, 5.74) is 2.18. The first kappa shape index (κ1) is 17.3. The van der Waals surface area contributed by atoms with Crippen molar-refractivity contribution in [1.29, 1.82) is 0 Å². The molecule has 26 heavy (non-hydrogen) atoms. The van der Waals surface area contributed by atoms with Crippen LogP contribution in [0.1, 0.15) is 19.4 Å². The molecule has 0 bridgehead atoms. The van der Waals surface area contributed by atoms with Crippen molar-refractivity contribution >= 4 is 11.6 Å². The van der Waals surface area contributed by atoms with Gasteiger partial charge in [0, 0.05) is 29.4 Å². The number of hydrogen-bond acceptors (Lipinski definition) is 3. The largest absolute Gasteiger partial charge is 0.489 e. The van der Waals surface area contributed by atoms with Crippen LogP contribution in [0.4, 0.5) is 5.69 Å². The van der Waals surface area contributed by atoms with Gasteiger partial charge < -0.3 is 15.0 Å². The van der Waals surface area contributed by atoms with E-state index < -0.39 is 5.91 Å². The topological polar surface area (TPSA) is 67.0 Å². The molecule has 5 nitrogen and oxygen atoms in total. The number of carbonyl (C=O) groups excluding carboxylic acids is 1. The first-order valence-electron chi connectivity index (χ1n) is 8.30. The molecule has 0 saturated heterocycles. The number of nitrogens with one attached hydrogen (secondary N) is 2. The highest BCUT2D eigenvalue weighted by Crippen LogP contribution is 2.30. The van der Waals surface area contributed by atoms with Crippen LogP contribution in [0.3, 0.4) is 0 Å². The van der Waals surface area contributed by atoms with Gasteiger partial charge in [-0.1, -0.05) is 24.1 Å². The van der Waals surface area contributed by atoms with Gasteiger partial charge in [-0.15, -0.1) is 0 Å². The second-order valence-electron chi connectivity index (χ2n) is 5.89. The molecule has 0 fully saturated rings. The van der Waals surface area contributed by atoms with Gasteiger partial charge in [0.15, 0.2) is 0 Å². The van der Waals surface area contributed by atoms with E-state index in [9.17, 15) is 4.79 Å². The maximum absolute atomic E-state index is 12.3. The molecule has 3 aromatic rings. The average molecular weight is 345 g/mol. The molecule has 5 heteroatoms. The minimum atomic E-state index is -0.404. The summed E-state index contributed by atoms with van der Waals surface area (Å²) < 4.78 is 5.79. The van der Waals surface area contributed by atoms with Crippen LogP contribution >= 0.6 is 0 Å². The van der Waals surface area contributed by atoms with Crippen LogP contribution in [0, 0.1) is 11.8 Å². The zero-order valence-corrected chi connectivity index (χ0v) is 14.6. The van der Waals surface area contributed by atoms with E-state index in [0.717, 1.165) is 11.1 Å². The quantitative estimate of drug-likeness (QED) is 0.706. The Hall–Kier alpha value is -3.52. The van der Waals surface area contributed by atoms with Gasteiger partial charge in [-0.25, -0.2) is 4.98 Å².